The molecule has 0 spiro atoms. The number of carbonyl (C=O) groups is 1. The monoisotopic (exact) mass is 473 g/mol. The average molecular weight is 473 g/mol. The lowest BCUT2D eigenvalue weighted by atomic mass is 9.98. The van der Waals surface area contributed by atoms with Crippen LogP contribution in [-0.2, 0) is 18.6 Å². The van der Waals surface area contributed by atoms with Gasteiger partial charge in [-0.2, -0.15) is 9.97 Å². The summed E-state index contributed by atoms with van der Waals surface area (Å²) in [4.78, 5) is 24.2. The van der Waals surface area contributed by atoms with Crippen molar-refractivity contribution in [1.82, 2.24) is 24.6 Å². The molecule has 0 amide bonds. The zero-order valence-corrected chi connectivity index (χ0v) is 19.3. The van der Waals surface area contributed by atoms with E-state index in [2.05, 4.69) is 25.4 Å². The van der Waals surface area contributed by atoms with Crippen molar-refractivity contribution in [2.75, 3.05) is 31.3 Å². The maximum atomic E-state index is 15.6. The van der Waals surface area contributed by atoms with Crippen molar-refractivity contribution in [3.8, 4) is 0 Å². The SMILES string of the molecule is CCOC(=O)[C@H](C)N[PH](=O)OC[C@H]1C[C@@H](n2cnc3c(NC)nc(N)nc32)[C@](C)(F)[C@@H]1O. The summed E-state index contributed by atoms with van der Waals surface area (Å²) in [5.74, 6) is -0.793. The van der Waals surface area contributed by atoms with Gasteiger partial charge in [-0.15, -0.1) is 0 Å². The molecule has 3 rings (SSSR count). The Morgan fingerprint density at radius 3 is 2.91 bits per heavy atom. The molecule has 1 unspecified atom stereocenters. The van der Waals surface area contributed by atoms with Crippen LogP contribution in [0.3, 0.4) is 0 Å². The van der Waals surface area contributed by atoms with Crippen LogP contribution in [0.5, 0.6) is 0 Å². The Labute approximate surface area is 185 Å². The Hall–Kier alpha value is -2.34. The number of esters is 1. The molecular weight excluding hydrogens is 444 g/mol. The summed E-state index contributed by atoms with van der Waals surface area (Å²) in [5.41, 5.74) is 4.49. The number of nitrogen functional groups attached to an aromatic ring is 1. The van der Waals surface area contributed by atoms with Crippen LogP contribution in [0, 0.1) is 5.92 Å². The molecule has 1 fully saturated rings. The molecule has 0 saturated heterocycles. The summed E-state index contributed by atoms with van der Waals surface area (Å²) < 4.78 is 39.5. The number of imidazole rings is 1. The molecule has 5 N–H and O–H groups in total. The third-order valence-corrected chi connectivity index (χ3v) is 6.71. The number of alkyl halides is 1. The summed E-state index contributed by atoms with van der Waals surface area (Å²) in [7, 11) is -1.16. The quantitative estimate of drug-likeness (QED) is 0.304. The number of rotatable bonds is 9. The third kappa shape index (κ3) is 4.70. The fraction of sp³-hybridized carbons (Fsp3) is 0.667. The molecule has 2 aromatic rings. The first-order valence-corrected chi connectivity index (χ1v) is 11.6. The largest absolute Gasteiger partial charge is 0.465 e. The zero-order valence-electron chi connectivity index (χ0n) is 18.3. The molecule has 6 atom stereocenters. The number of fused-ring (bicyclic) bond motifs is 1. The molecule has 0 radical (unpaired) electrons. The van der Waals surface area contributed by atoms with Crippen molar-refractivity contribution >= 4 is 37.1 Å². The molecule has 32 heavy (non-hydrogen) atoms. The molecule has 0 aliphatic heterocycles. The topological polar surface area (TPSA) is 167 Å². The maximum absolute atomic E-state index is 15.6. The molecular formula is C18H29FN7O5P. The second-order valence-electron chi connectivity index (χ2n) is 7.83. The molecule has 0 bridgehead atoms. The van der Waals surface area contributed by atoms with Crippen molar-refractivity contribution in [2.24, 2.45) is 5.92 Å². The fourth-order valence-electron chi connectivity index (χ4n) is 3.91. The third-order valence-electron chi connectivity index (χ3n) is 5.62. The molecule has 2 aromatic heterocycles. The van der Waals surface area contributed by atoms with Gasteiger partial charge in [0.2, 0.25) is 5.95 Å². The Morgan fingerprint density at radius 1 is 1.53 bits per heavy atom. The maximum Gasteiger partial charge on any atom is 0.323 e. The van der Waals surface area contributed by atoms with E-state index in [1.807, 2.05) is 0 Å². The van der Waals surface area contributed by atoms with E-state index < -0.39 is 43.9 Å². The number of halogens is 1. The lowest BCUT2D eigenvalue weighted by molar-refractivity contribution is -0.144. The number of nitrogens with one attached hydrogen (secondary N) is 2. The number of nitrogens with zero attached hydrogens (tertiary/aromatic N) is 4. The highest BCUT2D eigenvalue weighted by Crippen LogP contribution is 2.47. The predicted octanol–water partition coefficient (Wildman–Crippen LogP) is 1.05. The van der Waals surface area contributed by atoms with E-state index in [4.69, 9.17) is 15.0 Å². The van der Waals surface area contributed by atoms with Crippen LogP contribution in [0.4, 0.5) is 16.2 Å². The van der Waals surface area contributed by atoms with Crippen LogP contribution >= 0.6 is 8.18 Å². The molecule has 14 heteroatoms. The van der Waals surface area contributed by atoms with Gasteiger partial charge in [0.05, 0.1) is 31.7 Å². The highest BCUT2D eigenvalue weighted by atomic mass is 31.1. The van der Waals surface area contributed by atoms with E-state index >= 15 is 4.39 Å². The number of hydrogen-bond acceptors (Lipinski definition) is 10. The molecule has 0 aromatic carbocycles. The van der Waals surface area contributed by atoms with Gasteiger partial charge < -0.3 is 30.0 Å². The Morgan fingerprint density at radius 2 is 2.25 bits per heavy atom. The Bertz CT molecular complexity index is 1000. The minimum atomic E-state index is -2.82. The number of carbonyl (C=O) groups excluding carboxylic acids is 1. The number of hydrogen-bond donors (Lipinski definition) is 4. The van der Waals surface area contributed by atoms with Crippen LogP contribution in [0.2, 0.25) is 0 Å². The Balaban J connectivity index is 1.73. The average Bonchev–Trinajstić information content (AvgIpc) is 3.24. The number of ether oxygens (including phenoxy) is 1. The van der Waals surface area contributed by atoms with Crippen molar-refractivity contribution < 1.29 is 28.1 Å². The van der Waals surface area contributed by atoms with Crippen molar-refractivity contribution in [3.05, 3.63) is 6.33 Å². The fourth-order valence-corrected chi connectivity index (χ4v) is 4.83. The van der Waals surface area contributed by atoms with Gasteiger partial charge in [0.1, 0.15) is 6.04 Å². The van der Waals surface area contributed by atoms with E-state index in [1.54, 1.807) is 14.0 Å². The molecule has 178 valence electrons. The highest BCUT2D eigenvalue weighted by Gasteiger charge is 2.54. The van der Waals surface area contributed by atoms with E-state index in [0.717, 1.165) is 0 Å². The first-order valence-electron chi connectivity index (χ1n) is 10.2. The highest BCUT2D eigenvalue weighted by molar-refractivity contribution is 7.36. The number of aliphatic hydroxyl groups excluding tert-OH is 1. The number of anilines is 2. The smallest absolute Gasteiger partial charge is 0.323 e. The van der Waals surface area contributed by atoms with Crippen molar-refractivity contribution in [2.45, 2.75) is 51.0 Å². The van der Waals surface area contributed by atoms with E-state index in [0.29, 0.717) is 17.0 Å². The van der Waals surface area contributed by atoms with Gasteiger partial charge in [-0.3, -0.25) is 9.36 Å². The summed E-state index contributed by atoms with van der Waals surface area (Å²) in [6, 6.07) is -1.64. The van der Waals surface area contributed by atoms with Crippen molar-refractivity contribution in [1.29, 1.82) is 0 Å². The number of nitrogens with two attached hydrogens (primary N) is 1. The summed E-state index contributed by atoms with van der Waals surface area (Å²) >= 11 is 0. The molecule has 12 nitrogen and oxygen atoms in total. The van der Waals surface area contributed by atoms with Crippen LogP contribution in [-0.4, -0.2) is 68.7 Å². The number of aromatic nitrogens is 4. The van der Waals surface area contributed by atoms with Gasteiger partial charge >= 0.3 is 5.97 Å². The van der Waals surface area contributed by atoms with Gasteiger partial charge in [0.25, 0.3) is 8.18 Å². The van der Waals surface area contributed by atoms with Gasteiger partial charge in [-0.25, -0.2) is 14.5 Å². The first-order chi connectivity index (χ1) is 15.1. The van der Waals surface area contributed by atoms with Gasteiger partial charge in [-0.1, -0.05) is 0 Å². The molecule has 2 heterocycles. The molecule has 1 aliphatic carbocycles. The van der Waals surface area contributed by atoms with E-state index in [-0.39, 0.29) is 25.6 Å². The summed E-state index contributed by atoms with van der Waals surface area (Å²) in [6.45, 7) is 4.50. The predicted molar refractivity (Wildman–Crippen MR) is 116 cm³/mol. The summed E-state index contributed by atoms with van der Waals surface area (Å²) in [6.07, 6.45) is 0.231. The second-order valence-corrected chi connectivity index (χ2v) is 8.98. The minimum absolute atomic E-state index is 0.00276. The lowest BCUT2D eigenvalue weighted by Gasteiger charge is -2.27. The zero-order chi connectivity index (χ0) is 23.6. The second kappa shape index (κ2) is 9.65. The minimum Gasteiger partial charge on any atom is -0.465 e. The Kier molecular flexibility index (Phi) is 7.33. The lowest BCUT2D eigenvalue weighted by Crippen LogP contribution is -2.39. The van der Waals surface area contributed by atoms with Crippen molar-refractivity contribution in [3.63, 3.8) is 0 Å². The van der Waals surface area contributed by atoms with Gasteiger partial charge in [-0.05, 0) is 27.2 Å². The molecule has 1 aliphatic rings. The van der Waals surface area contributed by atoms with E-state index in [9.17, 15) is 14.5 Å². The van der Waals surface area contributed by atoms with E-state index in [1.165, 1.54) is 24.7 Å². The standard InChI is InChI=1S/C18H29FN7O5P/c1-5-30-16(28)9(2)25-32(29)31-7-10-6-11(18(3,19)13(10)27)26-8-22-12-14(21-4)23-17(20)24-15(12)26/h8-11,13,27,32H,5-7H2,1-4H3,(H,25,29)(H3,20,21,23,24)/t9-,10+,11+,13+,18-/m0/s1. The summed E-state index contributed by atoms with van der Waals surface area (Å²) in [5, 5.41) is 16.0. The van der Waals surface area contributed by atoms with Gasteiger partial charge in [0, 0.05) is 13.0 Å². The van der Waals surface area contributed by atoms with Gasteiger partial charge in [0.15, 0.2) is 22.7 Å². The van der Waals surface area contributed by atoms with Crippen LogP contribution < -0.4 is 16.1 Å². The normalized spacial score (nSPS) is 27.4. The van der Waals surface area contributed by atoms with Crippen LogP contribution in [0.1, 0.15) is 33.2 Å². The van der Waals surface area contributed by atoms with Crippen LogP contribution in [0.15, 0.2) is 6.33 Å². The number of aliphatic hydroxyl groups is 1. The molecule has 1 saturated carbocycles. The first kappa shape index (κ1) is 24.3. The van der Waals surface area contributed by atoms with Crippen LogP contribution in [0.25, 0.3) is 11.2 Å².